The minimum Gasteiger partial charge on any atom is -0.406 e. The molecule has 9 heteroatoms. The van der Waals surface area contributed by atoms with Crippen molar-refractivity contribution in [3.8, 4) is 16.9 Å². The third-order valence-electron chi connectivity index (χ3n) is 6.01. The van der Waals surface area contributed by atoms with Crippen LogP contribution in [0.2, 0.25) is 0 Å². The van der Waals surface area contributed by atoms with E-state index in [0.29, 0.717) is 22.5 Å². The lowest BCUT2D eigenvalue weighted by Crippen LogP contribution is -2.16. The predicted octanol–water partition coefficient (Wildman–Crippen LogP) is 7.36. The fourth-order valence-corrected chi connectivity index (χ4v) is 4.33. The Labute approximate surface area is 216 Å². The van der Waals surface area contributed by atoms with Crippen LogP contribution >= 0.6 is 0 Å². The number of benzene rings is 3. The second kappa shape index (κ2) is 10.3. The molecule has 0 radical (unpaired) electrons. The highest BCUT2D eigenvalue weighted by atomic mass is 19.4. The van der Waals surface area contributed by atoms with Crippen molar-refractivity contribution in [1.82, 2.24) is 9.97 Å². The van der Waals surface area contributed by atoms with E-state index in [2.05, 4.69) is 25.3 Å². The average Bonchev–Trinajstić information content (AvgIpc) is 3.20. The summed E-state index contributed by atoms with van der Waals surface area (Å²) >= 11 is 0. The number of fused-ring (bicyclic) bond motifs is 1. The van der Waals surface area contributed by atoms with Gasteiger partial charge in [-0.3, -0.25) is 9.78 Å². The number of rotatable bonds is 7. The number of ether oxygens (including phenoxy) is 1. The summed E-state index contributed by atoms with van der Waals surface area (Å²) in [4.78, 5) is 20.4. The van der Waals surface area contributed by atoms with Gasteiger partial charge in [0.15, 0.2) is 0 Å². The lowest BCUT2D eigenvalue weighted by Gasteiger charge is -2.16. The number of aromatic amines is 1. The van der Waals surface area contributed by atoms with Crippen molar-refractivity contribution < 1.29 is 22.7 Å². The van der Waals surface area contributed by atoms with Crippen LogP contribution < -0.4 is 15.4 Å². The van der Waals surface area contributed by atoms with Crippen LogP contribution in [0, 0.1) is 6.92 Å². The topological polar surface area (TPSA) is 79.0 Å². The molecule has 0 aliphatic carbocycles. The summed E-state index contributed by atoms with van der Waals surface area (Å²) in [7, 11) is 0. The quantitative estimate of drug-likeness (QED) is 0.211. The second-order valence-electron chi connectivity index (χ2n) is 8.70. The van der Waals surface area contributed by atoms with Crippen molar-refractivity contribution >= 4 is 33.9 Å². The third kappa shape index (κ3) is 5.78. The largest absolute Gasteiger partial charge is 0.573 e. The molecule has 0 unspecified atom stereocenters. The molecule has 0 atom stereocenters. The summed E-state index contributed by atoms with van der Waals surface area (Å²) in [6.07, 6.45) is -1.28. The number of H-pyrrole nitrogens is 1. The zero-order valence-electron chi connectivity index (χ0n) is 20.3. The molecule has 0 saturated carbocycles. The number of para-hydroxylation sites is 1. The van der Waals surface area contributed by atoms with Crippen LogP contribution in [0.4, 0.5) is 30.2 Å². The Hall–Kier alpha value is -4.79. The van der Waals surface area contributed by atoms with E-state index in [0.717, 1.165) is 27.8 Å². The molecule has 0 saturated heterocycles. The van der Waals surface area contributed by atoms with E-state index < -0.39 is 6.36 Å². The summed E-state index contributed by atoms with van der Waals surface area (Å²) in [6.45, 7) is 1.94. The fraction of sp³-hybridized carbons (Fsp3) is 0.103. The van der Waals surface area contributed by atoms with Crippen molar-refractivity contribution in [1.29, 1.82) is 0 Å². The number of aromatic nitrogens is 2. The predicted molar refractivity (Wildman–Crippen MR) is 141 cm³/mol. The van der Waals surface area contributed by atoms with Gasteiger partial charge in [0.1, 0.15) is 5.75 Å². The van der Waals surface area contributed by atoms with Gasteiger partial charge in [0.25, 0.3) is 0 Å². The molecule has 6 nitrogen and oxygen atoms in total. The molecule has 3 aromatic carbocycles. The number of aryl methyl sites for hydroxylation is 1. The van der Waals surface area contributed by atoms with Crippen LogP contribution in [0.5, 0.6) is 5.75 Å². The molecular formula is C29H23F3N4O2. The Balaban J connectivity index is 1.43. The van der Waals surface area contributed by atoms with E-state index in [-0.39, 0.29) is 18.1 Å². The molecule has 38 heavy (non-hydrogen) atoms. The number of carbonyl (C=O) groups is 1. The first kappa shape index (κ1) is 24.9. The summed E-state index contributed by atoms with van der Waals surface area (Å²) < 4.78 is 41.8. The van der Waals surface area contributed by atoms with Crippen LogP contribution in [-0.2, 0) is 11.2 Å². The molecule has 2 heterocycles. The van der Waals surface area contributed by atoms with Gasteiger partial charge in [0, 0.05) is 39.7 Å². The van der Waals surface area contributed by atoms with Crippen LogP contribution in [0.15, 0.2) is 91.3 Å². The average molecular weight is 517 g/mol. The van der Waals surface area contributed by atoms with E-state index in [1.54, 1.807) is 36.7 Å². The number of nitrogens with one attached hydrogen (secondary N) is 3. The number of alkyl halides is 3. The van der Waals surface area contributed by atoms with Gasteiger partial charge in [-0.05, 0) is 66.6 Å². The molecular weight excluding hydrogens is 493 g/mol. The molecule has 0 bridgehead atoms. The molecule has 2 aromatic heterocycles. The van der Waals surface area contributed by atoms with Crippen LogP contribution in [0.1, 0.15) is 11.3 Å². The number of hydrogen-bond donors (Lipinski definition) is 3. The van der Waals surface area contributed by atoms with Crippen molar-refractivity contribution in [3.05, 3.63) is 103 Å². The van der Waals surface area contributed by atoms with Crippen LogP contribution in [-0.4, -0.2) is 22.2 Å². The van der Waals surface area contributed by atoms with Crippen molar-refractivity contribution in [2.45, 2.75) is 19.7 Å². The lowest BCUT2D eigenvalue weighted by atomic mass is 10.0. The van der Waals surface area contributed by atoms with Gasteiger partial charge in [-0.25, -0.2) is 0 Å². The third-order valence-corrected chi connectivity index (χ3v) is 6.01. The minimum atomic E-state index is -4.78. The zero-order chi connectivity index (χ0) is 26.7. The van der Waals surface area contributed by atoms with Crippen molar-refractivity contribution in [2.75, 3.05) is 10.6 Å². The van der Waals surface area contributed by atoms with Gasteiger partial charge >= 0.3 is 6.36 Å². The first-order valence-electron chi connectivity index (χ1n) is 11.8. The Kier molecular flexibility index (Phi) is 6.74. The summed E-state index contributed by atoms with van der Waals surface area (Å²) in [5, 5.41) is 7.23. The SMILES string of the molecule is Cc1[nH]c2ccccc2c1CC(=O)Nc1ccc(Nc2cccnc2)c(-c2ccc(OC(F)(F)F)cc2)c1. The highest BCUT2D eigenvalue weighted by Crippen LogP contribution is 2.35. The van der Waals surface area contributed by atoms with E-state index in [1.165, 1.54) is 24.3 Å². The Morgan fingerprint density at radius 3 is 2.50 bits per heavy atom. The number of anilines is 3. The van der Waals surface area contributed by atoms with E-state index in [4.69, 9.17) is 0 Å². The number of halogens is 3. The van der Waals surface area contributed by atoms with Crippen LogP contribution in [0.25, 0.3) is 22.0 Å². The van der Waals surface area contributed by atoms with E-state index in [1.807, 2.05) is 37.3 Å². The maximum atomic E-state index is 13.0. The second-order valence-corrected chi connectivity index (χ2v) is 8.70. The minimum absolute atomic E-state index is 0.185. The molecule has 3 N–H and O–H groups in total. The smallest absolute Gasteiger partial charge is 0.406 e. The zero-order valence-corrected chi connectivity index (χ0v) is 20.3. The highest BCUT2D eigenvalue weighted by molar-refractivity contribution is 5.97. The van der Waals surface area contributed by atoms with Crippen LogP contribution in [0.3, 0.4) is 0 Å². The fourth-order valence-electron chi connectivity index (χ4n) is 4.33. The Morgan fingerprint density at radius 2 is 1.76 bits per heavy atom. The van der Waals surface area contributed by atoms with Gasteiger partial charge in [-0.2, -0.15) is 0 Å². The molecule has 0 spiro atoms. The molecule has 5 aromatic rings. The number of nitrogens with zero attached hydrogens (tertiary/aromatic N) is 1. The molecule has 1 amide bonds. The van der Waals surface area contributed by atoms with Gasteiger partial charge in [0.05, 0.1) is 18.3 Å². The van der Waals surface area contributed by atoms with Crippen molar-refractivity contribution in [3.63, 3.8) is 0 Å². The highest BCUT2D eigenvalue weighted by Gasteiger charge is 2.31. The summed E-state index contributed by atoms with van der Waals surface area (Å²) in [5.74, 6) is -0.507. The normalized spacial score (nSPS) is 11.4. The number of pyridine rings is 1. The van der Waals surface area contributed by atoms with Gasteiger partial charge in [-0.15, -0.1) is 13.2 Å². The number of hydrogen-bond acceptors (Lipinski definition) is 4. The van der Waals surface area contributed by atoms with E-state index >= 15 is 0 Å². The molecule has 0 aliphatic rings. The Morgan fingerprint density at radius 1 is 0.974 bits per heavy atom. The standard InChI is InChI=1S/C29H23F3N4O2/c1-18-24(23-6-2-3-7-26(23)34-18)16-28(37)36-20-10-13-27(35-21-5-4-14-33-17-21)25(15-20)19-8-11-22(12-9-19)38-29(30,31)32/h2-15,17,34-35H,16H2,1H3,(H,36,37). The molecule has 0 fully saturated rings. The number of amides is 1. The first-order chi connectivity index (χ1) is 18.2. The Bertz CT molecular complexity index is 1580. The first-order valence-corrected chi connectivity index (χ1v) is 11.8. The monoisotopic (exact) mass is 516 g/mol. The maximum absolute atomic E-state index is 13.0. The number of carbonyl (C=O) groups excluding carboxylic acids is 1. The molecule has 5 rings (SSSR count). The molecule has 192 valence electrons. The van der Waals surface area contributed by atoms with Gasteiger partial charge in [0.2, 0.25) is 5.91 Å². The van der Waals surface area contributed by atoms with Gasteiger partial charge < -0.3 is 20.4 Å². The maximum Gasteiger partial charge on any atom is 0.573 e. The van der Waals surface area contributed by atoms with Gasteiger partial charge in [-0.1, -0.05) is 30.3 Å². The lowest BCUT2D eigenvalue weighted by molar-refractivity contribution is -0.274. The summed E-state index contributed by atoms with van der Waals surface area (Å²) in [5.41, 5.74) is 6.11. The van der Waals surface area contributed by atoms with E-state index in [9.17, 15) is 18.0 Å². The van der Waals surface area contributed by atoms with Crippen molar-refractivity contribution in [2.24, 2.45) is 0 Å². The summed E-state index contributed by atoms with van der Waals surface area (Å²) in [6, 6.07) is 22.4. The molecule has 0 aliphatic heterocycles.